The Balaban J connectivity index is 1.85. The number of furan rings is 1. The maximum absolute atomic E-state index is 12.5. The molecule has 2 heterocycles. The van der Waals surface area contributed by atoms with E-state index in [4.69, 9.17) is 9.15 Å². The van der Waals surface area contributed by atoms with Gasteiger partial charge in [0.25, 0.3) is 5.91 Å². The molecule has 23 heavy (non-hydrogen) atoms. The number of fused-ring (bicyclic) bond motifs is 1. The molecule has 0 aliphatic carbocycles. The molecule has 2 N–H and O–H groups in total. The van der Waals surface area contributed by atoms with Gasteiger partial charge in [-0.2, -0.15) is 0 Å². The zero-order valence-corrected chi connectivity index (χ0v) is 13.3. The molecule has 0 spiro atoms. The van der Waals surface area contributed by atoms with Crippen molar-refractivity contribution in [1.29, 1.82) is 0 Å². The Bertz CT molecular complexity index is 750. The van der Waals surface area contributed by atoms with Crippen molar-refractivity contribution in [2.45, 2.75) is 32.2 Å². The monoisotopic (exact) mass is 316 g/mol. The SMILES string of the molecule is COc1ccc2oc(C(=O)N[C@@H]3CCCCNC3=O)c(C)c2c1. The molecule has 122 valence electrons. The molecule has 1 aliphatic heterocycles. The minimum atomic E-state index is -0.507. The van der Waals surface area contributed by atoms with E-state index in [1.807, 2.05) is 13.0 Å². The lowest BCUT2D eigenvalue weighted by atomic mass is 10.1. The van der Waals surface area contributed by atoms with Gasteiger partial charge in [-0.25, -0.2) is 0 Å². The normalized spacial score (nSPS) is 18.3. The molecular weight excluding hydrogens is 296 g/mol. The molecule has 3 rings (SSSR count). The van der Waals surface area contributed by atoms with Gasteiger partial charge >= 0.3 is 0 Å². The van der Waals surface area contributed by atoms with Gasteiger partial charge in [0.1, 0.15) is 17.4 Å². The maximum atomic E-state index is 12.5. The van der Waals surface area contributed by atoms with Gasteiger partial charge in [0, 0.05) is 17.5 Å². The van der Waals surface area contributed by atoms with Gasteiger partial charge in [-0.1, -0.05) is 0 Å². The van der Waals surface area contributed by atoms with E-state index in [2.05, 4.69) is 10.6 Å². The molecule has 1 aromatic carbocycles. The summed E-state index contributed by atoms with van der Waals surface area (Å²) in [6, 6.07) is 4.89. The van der Waals surface area contributed by atoms with Crippen LogP contribution < -0.4 is 15.4 Å². The van der Waals surface area contributed by atoms with Gasteiger partial charge in [0.05, 0.1) is 7.11 Å². The van der Waals surface area contributed by atoms with Crippen LogP contribution in [0.3, 0.4) is 0 Å². The Morgan fingerprint density at radius 1 is 1.39 bits per heavy atom. The highest BCUT2D eigenvalue weighted by atomic mass is 16.5. The van der Waals surface area contributed by atoms with Crippen molar-refractivity contribution < 1.29 is 18.7 Å². The Labute approximate surface area is 134 Å². The van der Waals surface area contributed by atoms with Crippen LogP contribution in [0.5, 0.6) is 5.75 Å². The summed E-state index contributed by atoms with van der Waals surface area (Å²) in [4.78, 5) is 24.4. The predicted octanol–water partition coefficient (Wildman–Crippen LogP) is 2.15. The fourth-order valence-electron chi connectivity index (χ4n) is 2.84. The highest BCUT2D eigenvalue weighted by Gasteiger charge is 2.26. The first-order valence-electron chi connectivity index (χ1n) is 7.76. The van der Waals surface area contributed by atoms with Gasteiger partial charge in [-0.3, -0.25) is 9.59 Å². The number of nitrogens with one attached hydrogen (secondary N) is 2. The van der Waals surface area contributed by atoms with Crippen LogP contribution in [-0.4, -0.2) is 31.5 Å². The first-order chi connectivity index (χ1) is 11.1. The lowest BCUT2D eigenvalue weighted by Crippen LogP contribution is -2.45. The van der Waals surface area contributed by atoms with E-state index in [0.29, 0.717) is 24.3 Å². The van der Waals surface area contributed by atoms with Crippen LogP contribution in [0.15, 0.2) is 22.6 Å². The van der Waals surface area contributed by atoms with Crippen LogP contribution in [0.1, 0.15) is 35.4 Å². The lowest BCUT2D eigenvalue weighted by Gasteiger charge is -2.14. The van der Waals surface area contributed by atoms with Crippen LogP contribution in [-0.2, 0) is 4.79 Å². The van der Waals surface area contributed by atoms with E-state index in [9.17, 15) is 9.59 Å². The standard InChI is InChI=1S/C17H20N2O4/c1-10-12-9-11(22-2)6-7-14(12)23-15(10)17(21)19-13-5-3-4-8-18-16(13)20/h6-7,9,13H,3-5,8H2,1-2H3,(H,18,20)(H,19,21)/t13-/m1/s1. The fourth-order valence-corrected chi connectivity index (χ4v) is 2.84. The van der Waals surface area contributed by atoms with Gasteiger partial charge in [-0.05, 0) is 44.4 Å². The highest BCUT2D eigenvalue weighted by molar-refractivity contribution is 6.01. The molecule has 1 aliphatic rings. The number of carbonyl (C=O) groups is 2. The zero-order valence-electron chi connectivity index (χ0n) is 13.3. The summed E-state index contributed by atoms with van der Waals surface area (Å²) in [5.41, 5.74) is 1.36. The summed E-state index contributed by atoms with van der Waals surface area (Å²) in [5, 5.41) is 6.42. The number of benzene rings is 1. The van der Waals surface area contributed by atoms with E-state index < -0.39 is 6.04 Å². The van der Waals surface area contributed by atoms with E-state index in [-0.39, 0.29) is 17.6 Å². The summed E-state index contributed by atoms with van der Waals surface area (Å²) >= 11 is 0. The van der Waals surface area contributed by atoms with Crippen LogP contribution in [0, 0.1) is 6.92 Å². The molecule has 0 bridgehead atoms. The van der Waals surface area contributed by atoms with Crippen molar-refractivity contribution in [2.24, 2.45) is 0 Å². The average molecular weight is 316 g/mol. The number of methoxy groups -OCH3 is 1. The maximum Gasteiger partial charge on any atom is 0.287 e. The van der Waals surface area contributed by atoms with Crippen molar-refractivity contribution in [1.82, 2.24) is 10.6 Å². The molecule has 1 aromatic heterocycles. The van der Waals surface area contributed by atoms with Crippen molar-refractivity contribution >= 4 is 22.8 Å². The van der Waals surface area contributed by atoms with Gasteiger partial charge in [0.2, 0.25) is 5.91 Å². The van der Waals surface area contributed by atoms with Gasteiger partial charge < -0.3 is 19.8 Å². The lowest BCUT2D eigenvalue weighted by molar-refractivity contribution is -0.122. The van der Waals surface area contributed by atoms with Crippen molar-refractivity contribution in [3.05, 3.63) is 29.5 Å². The fraction of sp³-hybridized carbons (Fsp3) is 0.412. The van der Waals surface area contributed by atoms with E-state index in [0.717, 1.165) is 23.8 Å². The number of amides is 2. The van der Waals surface area contributed by atoms with Gasteiger partial charge in [0.15, 0.2) is 5.76 Å². The summed E-state index contributed by atoms with van der Waals surface area (Å²) in [6.45, 7) is 2.49. The second-order valence-electron chi connectivity index (χ2n) is 5.73. The zero-order chi connectivity index (χ0) is 16.4. The summed E-state index contributed by atoms with van der Waals surface area (Å²) < 4.78 is 10.9. The molecule has 1 fully saturated rings. The number of hydrogen-bond acceptors (Lipinski definition) is 4. The van der Waals surface area contributed by atoms with E-state index in [1.54, 1.807) is 19.2 Å². The molecule has 0 radical (unpaired) electrons. The number of aryl methyl sites for hydroxylation is 1. The molecule has 0 unspecified atom stereocenters. The molecule has 2 amide bonds. The second kappa shape index (κ2) is 6.32. The second-order valence-corrected chi connectivity index (χ2v) is 5.73. The van der Waals surface area contributed by atoms with Crippen molar-refractivity contribution in [3.63, 3.8) is 0 Å². The largest absolute Gasteiger partial charge is 0.497 e. The average Bonchev–Trinajstić information content (AvgIpc) is 2.75. The Hall–Kier alpha value is -2.50. The third-order valence-corrected chi connectivity index (χ3v) is 4.19. The van der Waals surface area contributed by atoms with Crippen LogP contribution >= 0.6 is 0 Å². The number of carbonyl (C=O) groups excluding carboxylic acids is 2. The van der Waals surface area contributed by atoms with Crippen LogP contribution in [0.2, 0.25) is 0 Å². The molecule has 2 aromatic rings. The Morgan fingerprint density at radius 3 is 3.00 bits per heavy atom. The number of rotatable bonds is 3. The Kier molecular flexibility index (Phi) is 4.23. The van der Waals surface area contributed by atoms with E-state index >= 15 is 0 Å². The molecule has 6 heteroatoms. The summed E-state index contributed by atoms with van der Waals surface area (Å²) in [5.74, 6) is 0.452. The minimum Gasteiger partial charge on any atom is -0.497 e. The quantitative estimate of drug-likeness (QED) is 0.909. The topological polar surface area (TPSA) is 80.6 Å². The highest BCUT2D eigenvalue weighted by Crippen LogP contribution is 2.28. The van der Waals surface area contributed by atoms with Crippen molar-refractivity contribution in [3.8, 4) is 5.75 Å². The van der Waals surface area contributed by atoms with Crippen LogP contribution in [0.25, 0.3) is 11.0 Å². The first kappa shape index (κ1) is 15.4. The number of hydrogen-bond donors (Lipinski definition) is 2. The van der Waals surface area contributed by atoms with Crippen molar-refractivity contribution in [2.75, 3.05) is 13.7 Å². The van der Waals surface area contributed by atoms with Gasteiger partial charge in [-0.15, -0.1) is 0 Å². The van der Waals surface area contributed by atoms with E-state index in [1.165, 1.54) is 0 Å². The summed E-state index contributed by atoms with van der Waals surface area (Å²) in [6.07, 6.45) is 2.48. The minimum absolute atomic E-state index is 0.133. The molecular formula is C17H20N2O4. The third-order valence-electron chi connectivity index (χ3n) is 4.19. The number of ether oxygens (including phenoxy) is 1. The third kappa shape index (κ3) is 3.02. The molecule has 1 atom stereocenters. The smallest absolute Gasteiger partial charge is 0.287 e. The molecule has 1 saturated heterocycles. The molecule has 0 saturated carbocycles. The predicted molar refractivity (Wildman–Crippen MR) is 85.6 cm³/mol. The Morgan fingerprint density at radius 2 is 2.22 bits per heavy atom. The molecule has 6 nitrogen and oxygen atoms in total. The first-order valence-corrected chi connectivity index (χ1v) is 7.76. The summed E-state index contributed by atoms with van der Waals surface area (Å²) in [7, 11) is 1.59. The van der Waals surface area contributed by atoms with Crippen LogP contribution in [0.4, 0.5) is 0 Å².